The molecule has 1 aromatic rings. The lowest BCUT2D eigenvalue weighted by Gasteiger charge is -2.29. The van der Waals surface area contributed by atoms with Crippen molar-refractivity contribution in [2.45, 2.75) is 26.0 Å². The van der Waals surface area contributed by atoms with Gasteiger partial charge in [-0.15, -0.1) is 0 Å². The van der Waals surface area contributed by atoms with Gasteiger partial charge in [0.2, 0.25) is 0 Å². The van der Waals surface area contributed by atoms with E-state index in [0.29, 0.717) is 26.3 Å². The summed E-state index contributed by atoms with van der Waals surface area (Å²) < 4.78 is 10.3. The fourth-order valence-electron chi connectivity index (χ4n) is 2.47. The Morgan fingerprint density at radius 3 is 2.56 bits per heavy atom. The summed E-state index contributed by atoms with van der Waals surface area (Å²) in [6.45, 7) is 4.60. The summed E-state index contributed by atoms with van der Waals surface area (Å²) in [6, 6.07) is 4.10. The maximum atomic E-state index is 12.2. The number of non-ortho nitro benzene ring substituents is 1. The van der Waals surface area contributed by atoms with Crippen LogP contribution in [0.2, 0.25) is 0 Å². The van der Waals surface area contributed by atoms with E-state index in [1.807, 2.05) is 0 Å². The lowest BCUT2D eigenvalue weighted by atomic mass is 10.2. The molecule has 2 amide bonds. The highest BCUT2D eigenvalue weighted by atomic mass is 16.6. The Kier molecular flexibility index (Phi) is 6.83. The molecule has 1 aliphatic rings. The summed E-state index contributed by atoms with van der Waals surface area (Å²) in [5.74, 6) is -1.76. The van der Waals surface area contributed by atoms with Crippen LogP contribution in [0.3, 0.4) is 0 Å². The highest BCUT2D eigenvalue weighted by Gasteiger charge is 2.27. The largest absolute Gasteiger partial charge is 0.451 e. The third-order valence-electron chi connectivity index (χ3n) is 3.98. The molecule has 2 atom stereocenters. The van der Waals surface area contributed by atoms with Crippen molar-refractivity contribution in [1.82, 2.24) is 10.2 Å². The van der Waals surface area contributed by atoms with E-state index in [1.165, 1.54) is 32.0 Å². The molecule has 0 spiro atoms. The molecule has 0 aromatic heterocycles. The van der Waals surface area contributed by atoms with E-state index < -0.39 is 28.9 Å². The number of morpholine rings is 1. The first-order chi connectivity index (χ1) is 12.8. The number of nitro groups is 1. The normalized spacial score (nSPS) is 16.1. The predicted octanol–water partition coefficient (Wildman–Crippen LogP) is 0.504. The summed E-state index contributed by atoms with van der Waals surface area (Å²) in [7, 11) is 0. The smallest absolute Gasteiger partial charge is 0.329 e. The van der Waals surface area contributed by atoms with Crippen molar-refractivity contribution in [3.63, 3.8) is 0 Å². The lowest BCUT2D eigenvalue weighted by molar-refractivity contribution is -0.384. The van der Waals surface area contributed by atoms with E-state index in [9.17, 15) is 24.5 Å². The van der Waals surface area contributed by atoms with Crippen molar-refractivity contribution in [3.05, 3.63) is 39.9 Å². The van der Waals surface area contributed by atoms with Gasteiger partial charge < -0.3 is 19.7 Å². The zero-order valence-electron chi connectivity index (χ0n) is 15.0. The van der Waals surface area contributed by atoms with Crippen LogP contribution in [0, 0.1) is 10.1 Å². The molecule has 146 valence electrons. The molecule has 10 heteroatoms. The average Bonchev–Trinajstić information content (AvgIpc) is 2.67. The summed E-state index contributed by atoms with van der Waals surface area (Å²) >= 11 is 0. The minimum Gasteiger partial charge on any atom is -0.451 e. The first kappa shape index (κ1) is 20.3. The molecule has 1 aromatic carbocycles. The van der Waals surface area contributed by atoms with Gasteiger partial charge in [-0.2, -0.15) is 0 Å². The summed E-state index contributed by atoms with van der Waals surface area (Å²) in [6.07, 6.45) is -0.993. The van der Waals surface area contributed by atoms with E-state index in [2.05, 4.69) is 5.32 Å². The number of ether oxygens (including phenoxy) is 2. The average molecular weight is 379 g/mol. The van der Waals surface area contributed by atoms with E-state index in [0.717, 1.165) is 6.07 Å². The van der Waals surface area contributed by atoms with Crippen molar-refractivity contribution < 1.29 is 28.8 Å². The Hall–Kier alpha value is -3.01. The molecule has 1 heterocycles. The summed E-state index contributed by atoms with van der Waals surface area (Å²) in [5, 5.41) is 13.2. The fraction of sp³-hybridized carbons (Fsp3) is 0.471. The standard InChI is InChI=1S/C17H21N3O7/c1-11(18-15(21)13-4-3-5-14(10-13)20(24)25)17(23)27-12(2)16(22)19-6-8-26-9-7-19/h3-5,10-12H,6-9H2,1-2H3,(H,18,21)/t11-,12-/m0/s1. The van der Waals surface area contributed by atoms with Crippen molar-refractivity contribution >= 4 is 23.5 Å². The zero-order chi connectivity index (χ0) is 20.0. The molecule has 1 fully saturated rings. The Balaban J connectivity index is 1.90. The zero-order valence-corrected chi connectivity index (χ0v) is 15.0. The van der Waals surface area contributed by atoms with E-state index in [-0.39, 0.29) is 17.2 Å². The van der Waals surface area contributed by atoms with Crippen LogP contribution in [0.15, 0.2) is 24.3 Å². The molecule has 10 nitrogen and oxygen atoms in total. The topological polar surface area (TPSA) is 128 Å². The molecule has 0 saturated carbocycles. The molecule has 0 unspecified atom stereocenters. The number of hydrogen-bond donors (Lipinski definition) is 1. The Labute approximate surface area is 155 Å². The minimum atomic E-state index is -1.03. The second kappa shape index (κ2) is 9.08. The molecule has 0 aliphatic carbocycles. The monoisotopic (exact) mass is 379 g/mol. The van der Waals surface area contributed by atoms with Gasteiger partial charge in [-0.1, -0.05) is 6.07 Å². The fourth-order valence-corrected chi connectivity index (χ4v) is 2.47. The molecule has 2 rings (SSSR count). The number of hydrogen-bond acceptors (Lipinski definition) is 7. The van der Waals surface area contributed by atoms with Gasteiger partial charge in [0.15, 0.2) is 6.10 Å². The number of benzene rings is 1. The van der Waals surface area contributed by atoms with Crippen molar-refractivity contribution in [2.24, 2.45) is 0 Å². The number of nitro benzene ring substituents is 1. The first-order valence-electron chi connectivity index (χ1n) is 8.42. The second-order valence-corrected chi connectivity index (χ2v) is 6.02. The van der Waals surface area contributed by atoms with Crippen molar-refractivity contribution in [3.8, 4) is 0 Å². The third-order valence-corrected chi connectivity index (χ3v) is 3.98. The van der Waals surface area contributed by atoms with E-state index in [4.69, 9.17) is 9.47 Å². The predicted molar refractivity (Wildman–Crippen MR) is 93.0 cm³/mol. The van der Waals surface area contributed by atoms with Crippen molar-refractivity contribution in [2.75, 3.05) is 26.3 Å². The van der Waals surface area contributed by atoms with Gasteiger partial charge >= 0.3 is 5.97 Å². The Morgan fingerprint density at radius 1 is 1.26 bits per heavy atom. The maximum absolute atomic E-state index is 12.2. The highest BCUT2D eigenvalue weighted by Crippen LogP contribution is 2.13. The second-order valence-electron chi connectivity index (χ2n) is 6.02. The van der Waals surface area contributed by atoms with Gasteiger partial charge in [-0.25, -0.2) is 4.79 Å². The lowest BCUT2D eigenvalue weighted by Crippen LogP contribution is -2.47. The molecular weight excluding hydrogens is 358 g/mol. The van der Waals surface area contributed by atoms with E-state index in [1.54, 1.807) is 4.90 Å². The molecule has 0 radical (unpaired) electrons. The number of nitrogens with zero attached hydrogens (tertiary/aromatic N) is 2. The highest BCUT2D eigenvalue weighted by molar-refractivity contribution is 5.97. The van der Waals surface area contributed by atoms with Gasteiger partial charge in [-0.3, -0.25) is 19.7 Å². The van der Waals surface area contributed by atoms with Crippen LogP contribution in [0.1, 0.15) is 24.2 Å². The molecule has 1 aliphatic heterocycles. The number of rotatable bonds is 6. The molecule has 1 N–H and O–H groups in total. The minimum absolute atomic E-state index is 0.0429. The number of esters is 1. The Bertz CT molecular complexity index is 731. The van der Waals surface area contributed by atoms with Crippen LogP contribution in [0.4, 0.5) is 5.69 Å². The van der Waals surface area contributed by atoms with Crippen LogP contribution in [0.5, 0.6) is 0 Å². The van der Waals surface area contributed by atoms with Gasteiger partial charge in [-0.05, 0) is 19.9 Å². The van der Waals surface area contributed by atoms with Crippen molar-refractivity contribution in [1.29, 1.82) is 0 Å². The molecular formula is C17H21N3O7. The van der Waals surface area contributed by atoms with Crippen LogP contribution < -0.4 is 5.32 Å². The molecule has 1 saturated heterocycles. The van der Waals surface area contributed by atoms with Crippen LogP contribution in [0.25, 0.3) is 0 Å². The number of nitrogens with one attached hydrogen (secondary N) is 1. The van der Waals surface area contributed by atoms with Gasteiger partial charge in [0.25, 0.3) is 17.5 Å². The number of carbonyl (C=O) groups excluding carboxylic acids is 3. The van der Waals surface area contributed by atoms with Gasteiger partial charge in [0.1, 0.15) is 6.04 Å². The summed E-state index contributed by atoms with van der Waals surface area (Å²) in [4.78, 5) is 48.3. The number of amides is 2. The van der Waals surface area contributed by atoms with E-state index >= 15 is 0 Å². The maximum Gasteiger partial charge on any atom is 0.329 e. The quantitative estimate of drug-likeness (QED) is 0.433. The first-order valence-corrected chi connectivity index (χ1v) is 8.42. The van der Waals surface area contributed by atoms with Crippen LogP contribution in [-0.2, 0) is 19.1 Å². The van der Waals surface area contributed by atoms with Gasteiger partial charge in [0.05, 0.1) is 18.1 Å². The van der Waals surface area contributed by atoms with Gasteiger partial charge in [0, 0.05) is 30.8 Å². The number of carbonyl (C=O) groups is 3. The molecule has 27 heavy (non-hydrogen) atoms. The molecule has 0 bridgehead atoms. The van der Waals surface area contributed by atoms with Crippen LogP contribution in [-0.4, -0.2) is 66.1 Å². The summed E-state index contributed by atoms with van der Waals surface area (Å²) in [5.41, 5.74) is -0.191. The third kappa shape index (κ3) is 5.48. The SMILES string of the molecule is C[C@H](NC(=O)c1cccc([N+](=O)[O-])c1)C(=O)O[C@@H](C)C(=O)N1CCOCC1. The van der Waals surface area contributed by atoms with Crippen LogP contribution >= 0.6 is 0 Å². The Morgan fingerprint density at radius 2 is 1.93 bits per heavy atom.